The molecule has 0 spiro atoms. The molecule has 2 atom stereocenters. The minimum absolute atomic E-state index is 0.0642. The first-order valence-electron chi connectivity index (χ1n) is 10.1. The van der Waals surface area contributed by atoms with Gasteiger partial charge in [-0.25, -0.2) is 4.98 Å². The fourth-order valence-electron chi connectivity index (χ4n) is 4.50. The summed E-state index contributed by atoms with van der Waals surface area (Å²) in [5.41, 5.74) is 1.29. The molecule has 1 saturated carbocycles. The Morgan fingerprint density at radius 1 is 1.11 bits per heavy atom. The number of ether oxygens (including phenoxy) is 1. The van der Waals surface area contributed by atoms with Crippen molar-refractivity contribution in [1.82, 2.24) is 9.55 Å². The van der Waals surface area contributed by atoms with E-state index in [-0.39, 0.29) is 16.9 Å². The highest BCUT2D eigenvalue weighted by Crippen LogP contribution is 2.37. The van der Waals surface area contributed by atoms with Crippen molar-refractivity contribution < 1.29 is 9.53 Å². The second-order valence-corrected chi connectivity index (χ2v) is 10.1. The summed E-state index contributed by atoms with van der Waals surface area (Å²) in [6.45, 7) is 1.32. The monoisotopic (exact) mass is 404 g/mol. The number of aromatic nitrogens is 2. The summed E-state index contributed by atoms with van der Waals surface area (Å²) in [5, 5.41) is 1.47. The van der Waals surface area contributed by atoms with Crippen LogP contribution in [0.3, 0.4) is 0 Å². The average Bonchev–Trinajstić information content (AvgIpc) is 3.37. The number of thioether (sulfide) groups is 1. The zero-order chi connectivity index (χ0) is 18.4. The fourth-order valence-corrected chi connectivity index (χ4v) is 7.03. The minimum atomic E-state index is -0.0642. The number of hydrogen-bond acceptors (Lipinski definition) is 6. The first-order valence-corrected chi connectivity index (χ1v) is 11.8. The van der Waals surface area contributed by atoms with Gasteiger partial charge in [-0.1, -0.05) is 18.2 Å². The van der Waals surface area contributed by atoms with Crippen LogP contribution in [0.15, 0.2) is 9.95 Å². The molecular weight excluding hydrogens is 380 g/mol. The predicted molar refractivity (Wildman–Crippen MR) is 108 cm³/mol. The van der Waals surface area contributed by atoms with Crippen LogP contribution in [0.1, 0.15) is 55.4 Å². The Balaban J connectivity index is 1.58. The summed E-state index contributed by atoms with van der Waals surface area (Å²) in [4.78, 5) is 32.9. The number of Topliss-reactive ketones (excluding diaryl/α,β-unsaturated/α-hetero) is 1. The maximum absolute atomic E-state index is 13.5. The van der Waals surface area contributed by atoms with Crippen LogP contribution in [0.25, 0.3) is 10.2 Å². The molecular formula is C20H24N2O3S2. The molecule has 1 aliphatic heterocycles. The Hall–Kier alpha value is -1.18. The molecule has 1 saturated heterocycles. The molecule has 2 unspecified atom stereocenters. The van der Waals surface area contributed by atoms with Crippen molar-refractivity contribution >= 4 is 39.1 Å². The van der Waals surface area contributed by atoms with Crippen LogP contribution in [0.5, 0.6) is 0 Å². The highest BCUT2D eigenvalue weighted by Gasteiger charge is 2.29. The number of nitrogens with zero attached hydrogens (tertiary/aromatic N) is 2. The van der Waals surface area contributed by atoms with E-state index in [9.17, 15) is 9.59 Å². The van der Waals surface area contributed by atoms with Gasteiger partial charge in [0.25, 0.3) is 5.56 Å². The second kappa shape index (κ2) is 7.33. The normalized spacial score (nSPS) is 25.4. The number of ketones is 1. The van der Waals surface area contributed by atoms with Gasteiger partial charge in [0, 0.05) is 17.9 Å². The van der Waals surface area contributed by atoms with Crippen LogP contribution >= 0.6 is 23.1 Å². The van der Waals surface area contributed by atoms with Gasteiger partial charge in [-0.2, -0.15) is 0 Å². The number of carbonyl (C=O) groups excluding carboxylic acids is 1. The second-order valence-electron chi connectivity index (χ2n) is 7.80. The molecule has 2 aromatic heterocycles. The summed E-state index contributed by atoms with van der Waals surface area (Å²) in [5.74, 6) is 0.304. The Morgan fingerprint density at radius 2 is 2.04 bits per heavy atom. The van der Waals surface area contributed by atoms with Crippen LogP contribution in [-0.2, 0) is 28.9 Å². The van der Waals surface area contributed by atoms with Crippen LogP contribution in [-0.4, -0.2) is 33.3 Å². The number of rotatable bonds is 4. The first-order chi connectivity index (χ1) is 13.2. The fraction of sp³-hybridized carbons (Fsp3) is 0.650. The van der Waals surface area contributed by atoms with Gasteiger partial charge in [0.15, 0.2) is 5.16 Å². The molecule has 144 valence electrons. The van der Waals surface area contributed by atoms with Crippen molar-refractivity contribution in [3.05, 3.63) is 20.8 Å². The minimum Gasteiger partial charge on any atom is -0.376 e. The third-order valence-corrected chi connectivity index (χ3v) is 8.44. The van der Waals surface area contributed by atoms with E-state index in [1.807, 2.05) is 4.57 Å². The van der Waals surface area contributed by atoms with E-state index >= 15 is 0 Å². The number of carbonyl (C=O) groups is 1. The molecule has 27 heavy (non-hydrogen) atoms. The molecule has 2 fully saturated rings. The maximum Gasteiger partial charge on any atom is 0.263 e. The zero-order valence-electron chi connectivity index (χ0n) is 15.4. The van der Waals surface area contributed by atoms with Crippen LogP contribution in [0, 0.1) is 0 Å². The molecule has 0 aromatic carbocycles. The van der Waals surface area contributed by atoms with E-state index < -0.39 is 0 Å². The van der Waals surface area contributed by atoms with E-state index in [0.717, 1.165) is 68.2 Å². The molecule has 7 heteroatoms. The third kappa shape index (κ3) is 3.28. The first kappa shape index (κ1) is 17.9. The van der Waals surface area contributed by atoms with E-state index in [2.05, 4.69) is 0 Å². The van der Waals surface area contributed by atoms with Crippen molar-refractivity contribution in [2.24, 2.45) is 0 Å². The number of hydrogen-bond donors (Lipinski definition) is 0. The van der Waals surface area contributed by atoms with E-state index in [0.29, 0.717) is 23.9 Å². The summed E-state index contributed by atoms with van der Waals surface area (Å²) >= 11 is 3.18. The van der Waals surface area contributed by atoms with Gasteiger partial charge < -0.3 is 4.74 Å². The van der Waals surface area contributed by atoms with Crippen LogP contribution in [0.4, 0.5) is 0 Å². The van der Waals surface area contributed by atoms with Gasteiger partial charge >= 0.3 is 0 Å². The Morgan fingerprint density at radius 3 is 2.85 bits per heavy atom. The molecule has 2 aliphatic carbocycles. The lowest BCUT2D eigenvalue weighted by molar-refractivity contribution is -0.119. The van der Waals surface area contributed by atoms with E-state index in [4.69, 9.17) is 9.72 Å². The Bertz CT molecular complexity index is 943. The molecule has 0 bridgehead atoms. The SMILES string of the molecule is O=C1CCCCC1Sc1nc2sc3c(c2c(=O)n1CC1CCCO1)CCC3. The van der Waals surface area contributed by atoms with Gasteiger partial charge in [0.1, 0.15) is 10.6 Å². The quantitative estimate of drug-likeness (QED) is 0.727. The Labute approximate surface area is 166 Å². The lowest BCUT2D eigenvalue weighted by Crippen LogP contribution is -2.30. The van der Waals surface area contributed by atoms with Crippen molar-refractivity contribution in [2.75, 3.05) is 6.61 Å². The topological polar surface area (TPSA) is 61.2 Å². The number of thiophene rings is 1. The van der Waals surface area contributed by atoms with Crippen molar-refractivity contribution in [1.29, 1.82) is 0 Å². The summed E-state index contributed by atoms with van der Waals surface area (Å²) in [6, 6.07) is 0. The van der Waals surface area contributed by atoms with Gasteiger partial charge in [-0.15, -0.1) is 11.3 Å². The standard InChI is InChI=1S/C20H24N2O3S2/c23-14-7-1-2-8-16(14)27-20-21-18-17(13-6-3-9-15(13)26-18)19(24)22(20)11-12-5-4-10-25-12/h12,16H,1-11H2. The largest absolute Gasteiger partial charge is 0.376 e. The van der Waals surface area contributed by atoms with Gasteiger partial charge in [-0.05, 0) is 50.5 Å². The molecule has 3 heterocycles. The summed E-state index contributed by atoms with van der Waals surface area (Å²) in [7, 11) is 0. The van der Waals surface area contributed by atoms with Crippen molar-refractivity contribution in [3.8, 4) is 0 Å². The van der Waals surface area contributed by atoms with Gasteiger partial charge in [-0.3, -0.25) is 14.2 Å². The maximum atomic E-state index is 13.5. The number of aryl methyl sites for hydroxylation is 2. The molecule has 0 N–H and O–H groups in total. The highest BCUT2D eigenvalue weighted by atomic mass is 32.2. The summed E-state index contributed by atoms with van der Waals surface area (Å²) in [6.07, 6.45) is 8.90. The van der Waals surface area contributed by atoms with E-state index in [1.165, 1.54) is 22.2 Å². The van der Waals surface area contributed by atoms with E-state index in [1.54, 1.807) is 11.3 Å². The molecule has 3 aliphatic rings. The third-order valence-electron chi connectivity index (χ3n) is 5.95. The van der Waals surface area contributed by atoms with Gasteiger partial charge in [0.05, 0.1) is 23.3 Å². The molecule has 2 aromatic rings. The Kier molecular flexibility index (Phi) is 4.86. The number of fused-ring (bicyclic) bond motifs is 3. The predicted octanol–water partition coefficient (Wildman–Crippen LogP) is 3.73. The smallest absolute Gasteiger partial charge is 0.263 e. The lowest BCUT2D eigenvalue weighted by Gasteiger charge is -2.22. The van der Waals surface area contributed by atoms with Crippen LogP contribution in [0.2, 0.25) is 0 Å². The van der Waals surface area contributed by atoms with Crippen molar-refractivity contribution in [2.45, 2.75) is 80.8 Å². The molecule has 5 nitrogen and oxygen atoms in total. The molecule has 0 amide bonds. The lowest BCUT2D eigenvalue weighted by atomic mass is 9.99. The van der Waals surface area contributed by atoms with Crippen molar-refractivity contribution in [3.63, 3.8) is 0 Å². The van der Waals surface area contributed by atoms with Gasteiger partial charge in [0.2, 0.25) is 0 Å². The zero-order valence-corrected chi connectivity index (χ0v) is 17.0. The summed E-state index contributed by atoms with van der Waals surface area (Å²) < 4.78 is 7.62. The van der Waals surface area contributed by atoms with Crippen LogP contribution < -0.4 is 5.56 Å². The highest BCUT2D eigenvalue weighted by molar-refractivity contribution is 8.00. The molecule has 0 radical (unpaired) electrons. The average molecular weight is 405 g/mol. The molecule has 5 rings (SSSR count).